The summed E-state index contributed by atoms with van der Waals surface area (Å²) < 4.78 is 13.3. The van der Waals surface area contributed by atoms with Gasteiger partial charge in [0.1, 0.15) is 5.82 Å². The predicted octanol–water partition coefficient (Wildman–Crippen LogP) is 4.77. The molecule has 1 saturated carbocycles. The topological polar surface area (TPSA) is 52.7 Å². The van der Waals surface area contributed by atoms with E-state index < -0.39 is 0 Å². The fraction of sp³-hybridized carbons (Fsp3) is 0.500. The van der Waals surface area contributed by atoms with Gasteiger partial charge in [0, 0.05) is 50.2 Å². The molecule has 1 aliphatic heterocycles. The van der Waals surface area contributed by atoms with E-state index in [1.807, 2.05) is 11.0 Å². The van der Waals surface area contributed by atoms with Gasteiger partial charge in [-0.15, -0.1) is 0 Å². The zero-order chi connectivity index (χ0) is 23.8. The highest BCUT2D eigenvalue weighted by Gasteiger charge is 2.27. The summed E-state index contributed by atoms with van der Waals surface area (Å²) in [5, 5.41) is 3.19. The molecule has 0 aromatic heterocycles. The highest BCUT2D eigenvalue weighted by molar-refractivity contribution is 5.94. The van der Waals surface area contributed by atoms with Crippen LogP contribution in [0.2, 0.25) is 0 Å². The van der Waals surface area contributed by atoms with Gasteiger partial charge in [-0.25, -0.2) is 4.39 Å². The monoisotopic (exact) mass is 465 g/mol. The molecule has 1 aliphatic carbocycles. The second kappa shape index (κ2) is 12.1. The summed E-state index contributed by atoms with van der Waals surface area (Å²) in [4.78, 5) is 30.3. The Kier molecular flexibility index (Phi) is 8.69. The maximum atomic E-state index is 13.3. The Hall–Kier alpha value is -2.73. The maximum Gasteiger partial charge on any atom is 0.254 e. The first-order valence-electron chi connectivity index (χ1n) is 12.7. The molecule has 2 fully saturated rings. The summed E-state index contributed by atoms with van der Waals surface area (Å²) in [7, 11) is 0. The quantitative estimate of drug-likeness (QED) is 0.611. The molecule has 2 aromatic rings. The fourth-order valence-corrected chi connectivity index (χ4v) is 5.20. The minimum atomic E-state index is -0.352. The number of hydrogen-bond acceptors (Lipinski definition) is 3. The minimum absolute atomic E-state index is 0.00854. The Balaban J connectivity index is 1.27. The molecule has 0 radical (unpaired) electrons. The SMILES string of the molecule is O=C(CCN(C(=O)c1ccc(F)cc1)C1CCCCC1)NC1CCN(Cc2ccccc2)CC1. The van der Waals surface area contributed by atoms with E-state index in [1.165, 1.54) is 36.2 Å². The van der Waals surface area contributed by atoms with Crippen molar-refractivity contribution < 1.29 is 14.0 Å². The smallest absolute Gasteiger partial charge is 0.254 e. The molecule has 1 saturated heterocycles. The normalized spacial score (nSPS) is 17.9. The van der Waals surface area contributed by atoms with E-state index in [9.17, 15) is 14.0 Å². The first-order valence-corrected chi connectivity index (χ1v) is 12.7. The van der Waals surface area contributed by atoms with Gasteiger partial charge in [0.2, 0.25) is 5.91 Å². The van der Waals surface area contributed by atoms with Crippen LogP contribution in [0, 0.1) is 5.82 Å². The van der Waals surface area contributed by atoms with E-state index in [1.54, 1.807) is 0 Å². The Morgan fingerprint density at radius 2 is 1.59 bits per heavy atom. The molecule has 0 bridgehead atoms. The molecule has 5 nitrogen and oxygen atoms in total. The second-order valence-electron chi connectivity index (χ2n) is 9.65. The molecular weight excluding hydrogens is 429 g/mol. The fourth-order valence-electron chi connectivity index (χ4n) is 5.20. The minimum Gasteiger partial charge on any atom is -0.353 e. The molecule has 4 rings (SSSR count). The van der Waals surface area contributed by atoms with Crippen LogP contribution in [0.15, 0.2) is 54.6 Å². The molecular formula is C28H36FN3O2. The van der Waals surface area contributed by atoms with E-state index in [0.29, 0.717) is 18.5 Å². The Morgan fingerprint density at radius 3 is 2.26 bits per heavy atom. The van der Waals surface area contributed by atoms with Crippen LogP contribution in [0.3, 0.4) is 0 Å². The van der Waals surface area contributed by atoms with Crippen LogP contribution in [-0.4, -0.2) is 53.3 Å². The van der Waals surface area contributed by atoms with E-state index >= 15 is 0 Å². The van der Waals surface area contributed by atoms with E-state index in [0.717, 1.165) is 58.2 Å². The number of piperidine rings is 1. The van der Waals surface area contributed by atoms with Crippen LogP contribution >= 0.6 is 0 Å². The molecule has 182 valence electrons. The number of carbonyl (C=O) groups is 2. The van der Waals surface area contributed by atoms with Gasteiger partial charge in [-0.2, -0.15) is 0 Å². The predicted molar refractivity (Wildman–Crippen MR) is 132 cm³/mol. The third-order valence-electron chi connectivity index (χ3n) is 7.15. The number of benzene rings is 2. The number of halogens is 1. The molecule has 6 heteroatoms. The van der Waals surface area contributed by atoms with Gasteiger partial charge in [-0.1, -0.05) is 49.6 Å². The molecule has 0 unspecified atom stereocenters. The lowest BCUT2D eigenvalue weighted by molar-refractivity contribution is -0.122. The van der Waals surface area contributed by atoms with Gasteiger partial charge in [0.15, 0.2) is 0 Å². The molecule has 34 heavy (non-hydrogen) atoms. The summed E-state index contributed by atoms with van der Waals surface area (Å²) in [5.41, 5.74) is 1.80. The first kappa shape index (κ1) is 24.4. The van der Waals surface area contributed by atoms with Crippen LogP contribution in [-0.2, 0) is 11.3 Å². The summed E-state index contributed by atoms with van der Waals surface area (Å²) in [6.07, 6.45) is 7.52. The molecule has 1 N–H and O–H groups in total. The number of carbonyl (C=O) groups excluding carboxylic acids is 2. The first-order chi connectivity index (χ1) is 16.6. The lowest BCUT2D eigenvalue weighted by atomic mass is 9.93. The summed E-state index contributed by atoms with van der Waals surface area (Å²) >= 11 is 0. The van der Waals surface area contributed by atoms with Crippen LogP contribution in [0.5, 0.6) is 0 Å². The van der Waals surface area contributed by atoms with E-state index in [4.69, 9.17) is 0 Å². The number of nitrogens with zero attached hydrogens (tertiary/aromatic N) is 2. The standard InChI is InChI=1S/C28H36FN3O2/c29-24-13-11-23(12-14-24)28(34)32(26-9-5-2-6-10-26)20-17-27(33)30-25-15-18-31(19-16-25)21-22-7-3-1-4-8-22/h1,3-4,7-8,11-14,25-26H,2,5-6,9-10,15-21H2,(H,30,33). The van der Waals surface area contributed by atoms with Crippen molar-refractivity contribution in [1.29, 1.82) is 0 Å². The third-order valence-corrected chi connectivity index (χ3v) is 7.15. The van der Waals surface area contributed by atoms with E-state index in [2.05, 4.69) is 34.5 Å². The van der Waals surface area contributed by atoms with Gasteiger partial charge >= 0.3 is 0 Å². The summed E-state index contributed by atoms with van der Waals surface area (Å²) in [6.45, 7) is 3.29. The third kappa shape index (κ3) is 6.89. The second-order valence-corrected chi connectivity index (χ2v) is 9.65. The van der Waals surface area contributed by atoms with Gasteiger partial charge in [0.05, 0.1) is 0 Å². The van der Waals surface area contributed by atoms with Crippen LogP contribution in [0.25, 0.3) is 0 Å². The van der Waals surface area contributed by atoms with Gasteiger partial charge in [-0.3, -0.25) is 14.5 Å². The summed E-state index contributed by atoms with van der Waals surface area (Å²) in [5.74, 6) is -0.446. The van der Waals surface area contributed by atoms with Crippen molar-refractivity contribution >= 4 is 11.8 Å². The number of amides is 2. The molecule has 0 spiro atoms. The van der Waals surface area contributed by atoms with Gasteiger partial charge in [-0.05, 0) is 55.5 Å². The number of nitrogens with one attached hydrogen (secondary N) is 1. The molecule has 2 amide bonds. The Morgan fingerprint density at radius 1 is 0.912 bits per heavy atom. The lowest BCUT2D eigenvalue weighted by Gasteiger charge is -2.35. The average molecular weight is 466 g/mol. The number of rotatable bonds is 8. The zero-order valence-electron chi connectivity index (χ0n) is 19.9. The van der Waals surface area contributed by atoms with Crippen LogP contribution in [0.4, 0.5) is 4.39 Å². The molecule has 2 aliphatic rings. The van der Waals surface area contributed by atoms with Crippen molar-refractivity contribution in [1.82, 2.24) is 15.1 Å². The number of hydrogen-bond donors (Lipinski definition) is 1. The molecule has 0 atom stereocenters. The van der Waals surface area contributed by atoms with Gasteiger partial charge in [0.25, 0.3) is 5.91 Å². The highest BCUT2D eigenvalue weighted by Crippen LogP contribution is 2.24. The average Bonchev–Trinajstić information content (AvgIpc) is 2.87. The van der Waals surface area contributed by atoms with Crippen LogP contribution < -0.4 is 5.32 Å². The maximum absolute atomic E-state index is 13.3. The van der Waals surface area contributed by atoms with Crippen LogP contribution in [0.1, 0.15) is 67.3 Å². The van der Waals surface area contributed by atoms with Crippen molar-refractivity contribution in [2.24, 2.45) is 0 Å². The molecule has 1 heterocycles. The van der Waals surface area contributed by atoms with Crippen molar-refractivity contribution in [3.63, 3.8) is 0 Å². The highest BCUT2D eigenvalue weighted by atomic mass is 19.1. The largest absolute Gasteiger partial charge is 0.353 e. The van der Waals surface area contributed by atoms with Crippen molar-refractivity contribution in [2.45, 2.75) is 70.0 Å². The van der Waals surface area contributed by atoms with Crippen molar-refractivity contribution in [3.05, 3.63) is 71.5 Å². The zero-order valence-corrected chi connectivity index (χ0v) is 19.9. The lowest BCUT2D eigenvalue weighted by Crippen LogP contribution is -2.46. The van der Waals surface area contributed by atoms with Crippen molar-refractivity contribution in [2.75, 3.05) is 19.6 Å². The Bertz CT molecular complexity index is 920. The Labute approximate surface area is 202 Å². The molecule has 2 aromatic carbocycles. The summed E-state index contributed by atoms with van der Waals surface area (Å²) in [6, 6.07) is 16.5. The van der Waals surface area contributed by atoms with Crippen molar-refractivity contribution in [3.8, 4) is 0 Å². The number of likely N-dealkylation sites (tertiary alicyclic amines) is 1. The van der Waals surface area contributed by atoms with Gasteiger partial charge < -0.3 is 10.2 Å². The van der Waals surface area contributed by atoms with E-state index in [-0.39, 0.29) is 29.7 Å².